The van der Waals surface area contributed by atoms with Crippen LogP contribution in [0.3, 0.4) is 0 Å². The Balaban J connectivity index is 1.89. The number of nitrogens with zero attached hydrogens (tertiary/aromatic N) is 1. The third-order valence-corrected chi connectivity index (χ3v) is 5.32. The molecule has 0 N–H and O–H groups in total. The molecule has 3 rings (SSSR count). The molecule has 3 aromatic rings. The van der Waals surface area contributed by atoms with Gasteiger partial charge in [-0.2, -0.15) is 0 Å². The van der Waals surface area contributed by atoms with Crippen LogP contribution in [0.4, 0.5) is 0 Å². The summed E-state index contributed by atoms with van der Waals surface area (Å²) in [5.74, 6) is -0.108. The second kappa shape index (κ2) is 7.31. The molecule has 24 heavy (non-hydrogen) atoms. The summed E-state index contributed by atoms with van der Waals surface area (Å²) in [4.78, 5) is 17.6. The maximum Gasteiger partial charge on any atom is 0.197 e. The number of ketones is 1. The van der Waals surface area contributed by atoms with Gasteiger partial charge in [0.05, 0.1) is 10.6 Å². The number of carbonyl (C=O) groups excluding carboxylic acids is 1. The van der Waals surface area contributed by atoms with Crippen molar-refractivity contribution in [1.29, 1.82) is 0 Å². The fourth-order valence-electron chi connectivity index (χ4n) is 2.23. The van der Waals surface area contributed by atoms with Gasteiger partial charge in [-0.25, -0.2) is 4.98 Å². The van der Waals surface area contributed by atoms with Crippen LogP contribution in [0.15, 0.2) is 54.6 Å². The van der Waals surface area contributed by atoms with Gasteiger partial charge in [-0.15, -0.1) is 11.3 Å². The van der Waals surface area contributed by atoms with Crippen LogP contribution >= 0.6 is 34.5 Å². The molecule has 0 aliphatic carbocycles. The van der Waals surface area contributed by atoms with Gasteiger partial charge in [-0.3, -0.25) is 4.79 Å². The van der Waals surface area contributed by atoms with Crippen LogP contribution in [0.5, 0.6) is 0 Å². The van der Waals surface area contributed by atoms with Gasteiger partial charge in [0.25, 0.3) is 0 Å². The summed E-state index contributed by atoms with van der Waals surface area (Å²) in [7, 11) is 0. The number of aromatic nitrogens is 1. The first-order valence-electron chi connectivity index (χ1n) is 7.25. The highest BCUT2D eigenvalue weighted by molar-refractivity contribution is 7.17. The van der Waals surface area contributed by atoms with E-state index in [-0.39, 0.29) is 5.78 Å². The average molecular weight is 374 g/mol. The van der Waals surface area contributed by atoms with Crippen molar-refractivity contribution in [3.63, 3.8) is 0 Å². The SMILES string of the molecule is Cc1nc(-c2ccccc2)sc1C(=O)/C=C/c1c(Cl)cccc1Cl. The molecule has 0 unspecified atom stereocenters. The van der Waals surface area contributed by atoms with E-state index in [2.05, 4.69) is 4.98 Å². The molecule has 0 aliphatic rings. The van der Waals surface area contributed by atoms with Crippen LogP contribution in [0, 0.1) is 6.92 Å². The Hall–Kier alpha value is -1.94. The Labute approximate surface area is 154 Å². The maximum absolute atomic E-state index is 12.5. The number of allylic oxidation sites excluding steroid dienone is 1. The molecule has 0 bridgehead atoms. The quantitative estimate of drug-likeness (QED) is 0.395. The summed E-state index contributed by atoms with van der Waals surface area (Å²) < 4.78 is 0. The van der Waals surface area contributed by atoms with Crippen LogP contribution < -0.4 is 0 Å². The topological polar surface area (TPSA) is 30.0 Å². The number of hydrogen-bond donors (Lipinski definition) is 0. The lowest BCUT2D eigenvalue weighted by Crippen LogP contribution is -1.93. The van der Waals surface area contributed by atoms with E-state index < -0.39 is 0 Å². The van der Waals surface area contributed by atoms with Crippen molar-refractivity contribution in [3.8, 4) is 10.6 Å². The molecule has 1 heterocycles. The Bertz CT molecular complexity index is 896. The molecule has 0 aliphatic heterocycles. The van der Waals surface area contributed by atoms with Crippen LogP contribution in [-0.2, 0) is 0 Å². The van der Waals surface area contributed by atoms with E-state index >= 15 is 0 Å². The summed E-state index contributed by atoms with van der Waals surface area (Å²) in [5, 5.41) is 1.86. The Morgan fingerprint density at radius 3 is 2.38 bits per heavy atom. The van der Waals surface area contributed by atoms with Gasteiger partial charge in [0.2, 0.25) is 0 Å². The van der Waals surface area contributed by atoms with E-state index in [1.807, 2.05) is 37.3 Å². The van der Waals surface area contributed by atoms with E-state index in [9.17, 15) is 4.79 Å². The first kappa shape index (κ1) is 16.9. The molecule has 0 fully saturated rings. The number of benzene rings is 2. The zero-order chi connectivity index (χ0) is 17.1. The lowest BCUT2D eigenvalue weighted by molar-refractivity contribution is 0.105. The average Bonchev–Trinajstić information content (AvgIpc) is 2.97. The minimum absolute atomic E-state index is 0.108. The summed E-state index contributed by atoms with van der Waals surface area (Å²) in [5.41, 5.74) is 2.36. The smallest absolute Gasteiger partial charge is 0.197 e. The highest BCUT2D eigenvalue weighted by Crippen LogP contribution is 2.29. The number of halogens is 2. The molecule has 2 aromatic carbocycles. The van der Waals surface area contributed by atoms with Crippen molar-refractivity contribution < 1.29 is 4.79 Å². The van der Waals surface area contributed by atoms with Crippen molar-refractivity contribution >= 4 is 46.4 Å². The lowest BCUT2D eigenvalue weighted by Gasteiger charge is -2.00. The third kappa shape index (κ3) is 3.59. The van der Waals surface area contributed by atoms with E-state index in [1.165, 1.54) is 17.4 Å². The molecule has 5 heteroatoms. The Morgan fingerprint density at radius 2 is 1.71 bits per heavy atom. The number of rotatable bonds is 4. The molecule has 0 saturated carbocycles. The van der Waals surface area contributed by atoms with Crippen molar-refractivity contribution in [2.45, 2.75) is 6.92 Å². The van der Waals surface area contributed by atoms with Crippen molar-refractivity contribution in [2.75, 3.05) is 0 Å². The standard InChI is InChI=1S/C19H13Cl2NOS/c1-12-18(24-19(22-12)13-6-3-2-4-7-13)17(23)11-10-14-15(20)8-5-9-16(14)21/h2-11H,1H3/b11-10+. The van der Waals surface area contributed by atoms with Crippen LogP contribution in [0.2, 0.25) is 10.0 Å². The molecule has 1 aromatic heterocycles. The molecule has 0 spiro atoms. The summed E-state index contributed by atoms with van der Waals surface area (Å²) >= 11 is 13.6. The van der Waals surface area contributed by atoms with Crippen LogP contribution in [0.1, 0.15) is 20.9 Å². The molecular weight excluding hydrogens is 361 g/mol. The fourth-order valence-corrected chi connectivity index (χ4v) is 3.75. The number of carbonyl (C=O) groups is 1. The first-order valence-corrected chi connectivity index (χ1v) is 8.83. The normalized spacial score (nSPS) is 11.1. The highest BCUT2D eigenvalue weighted by Gasteiger charge is 2.14. The first-order chi connectivity index (χ1) is 11.6. The minimum atomic E-state index is -0.108. The molecule has 0 amide bonds. The molecule has 0 radical (unpaired) electrons. The zero-order valence-electron chi connectivity index (χ0n) is 12.8. The number of aryl methyl sites for hydroxylation is 1. The number of thiazole rings is 1. The summed E-state index contributed by atoms with van der Waals surface area (Å²) in [6.07, 6.45) is 3.14. The van der Waals surface area contributed by atoms with E-state index in [0.29, 0.717) is 20.5 Å². The predicted octanol–water partition coefficient (Wildman–Crippen LogP) is 6.32. The molecule has 0 atom stereocenters. The van der Waals surface area contributed by atoms with Crippen LogP contribution in [-0.4, -0.2) is 10.8 Å². The molecule has 0 saturated heterocycles. The van der Waals surface area contributed by atoms with Crippen molar-refractivity contribution in [3.05, 3.63) is 80.8 Å². The summed E-state index contributed by atoms with van der Waals surface area (Å²) in [6, 6.07) is 15.1. The summed E-state index contributed by atoms with van der Waals surface area (Å²) in [6.45, 7) is 1.84. The van der Waals surface area contributed by atoms with E-state index in [4.69, 9.17) is 23.2 Å². The molecule has 2 nitrogen and oxygen atoms in total. The minimum Gasteiger partial charge on any atom is -0.288 e. The zero-order valence-corrected chi connectivity index (χ0v) is 15.1. The predicted molar refractivity (Wildman–Crippen MR) is 102 cm³/mol. The van der Waals surface area contributed by atoms with Gasteiger partial charge >= 0.3 is 0 Å². The maximum atomic E-state index is 12.5. The molecular formula is C19H13Cl2NOS. The van der Waals surface area contributed by atoms with Gasteiger partial charge in [0, 0.05) is 21.2 Å². The third-order valence-electron chi connectivity index (χ3n) is 3.44. The van der Waals surface area contributed by atoms with E-state index in [1.54, 1.807) is 24.3 Å². The second-order valence-electron chi connectivity index (χ2n) is 5.13. The van der Waals surface area contributed by atoms with Gasteiger partial charge in [0.15, 0.2) is 5.78 Å². The fraction of sp³-hybridized carbons (Fsp3) is 0.0526. The molecule has 120 valence electrons. The Morgan fingerprint density at radius 1 is 1.04 bits per heavy atom. The van der Waals surface area contributed by atoms with E-state index in [0.717, 1.165) is 16.3 Å². The lowest BCUT2D eigenvalue weighted by atomic mass is 10.1. The monoisotopic (exact) mass is 373 g/mol. The van der Waals surface area contributed by atoms with Crippen LogP contribution in [0.25, 0.3) is 16.6 Å². The van der Waals surface area contributed by atoms with Gasteiger partial charge in [-0.05, 0) is 31.2 Å². The Kier molecular flexibility index (Phi) is 5.14. The van der Waals surface area contributed by atoms with Crippen molar-refractivity contribution in [1.82, 2.24) is 4.98 Å². The largest absolute Gasteiger partial charge is 0.288 e. The van der Waals surface area contributed by atoms with Gasteiger partial charge in [-0.1, -0.05) is 59.6 Å². The van der Waals surface area contributed by atoms with Crippen molar-refractivity contribution in [2.24, 2.45) is 0 Å². The second-order valence-corrected chi connectivity index (χ2v) is 6.95. The van der Waals surface area contributed by atoms with Gasteiger partial charge < -0.3 is 0 Å². The highest BCUT2D eigenvalue weighted by atomic mass is 35.5. The number of hydrogen-bond acceptors (Lipinski definition) is 3. The van der Waals surface area contributed by atoms with Gasteiger partial charge in [0.1, 0.15) is 5.01 Å².